The minimum absolute atomic E-state index is 0.0764. The first-order chi connectivity index (χ1) is 10.9. The Balaban J connectivity index is 2.16. The van der Waals surface area contributed by atoms with Crippen molar-refractivity contribution in [2.75, 3.05) is 6.54 Å². The molecule has 0 bridgehead atoms. The summed E-state index contributed by atoms with van der Waals surface area (Å²) in [6, 6.07) is 2.21. The van der Waals surface area contributed by atoms with Gasteiger partial charge in [0.2, 0.25) is 5.91 Å². The SMILES string of the molecule is C[C@@H](NCC1(c2c(F)cccc2F)CCCC1)C(=O)NC(N)=O. The van der Waals surface area contributed by atoms with Gasteiger partial charge in [-0.1, -0.05) is 18.9 Å². The number of carbonyl (C=O) groups excluding carboxylic acids is 2. The van der Waals surface area contributed by atoms with Gasteiger partial charge in [0.1, 0.15) is 11.6 Å². The maximum Gasteiger partial charge on any atom is 0.318 e. The Labute approximate surface area is 133 Å². The van der Waals surface area contributed by atoms with Gasteiger partial charge < -0.3 is 11.1 Å². The fourth-order valence-electron chi connectivity index (χ4n) is 3.24. The third kappa shape index (κ3) is 3.85. The average molecular weight is 325 g/mol. The van der Waals surface area contributed by atoms with Crippen LogP contribution in [0.4, 0.5) is 13.6 Å². The smallest absolute Gasteiger partial charge is 0.318 e. The lowest BCUT2D eigenvalue weighted by atomic mass is 9.78. The molecule has 0 spiro atoms. The summed E-state index contributed by atoms with van der Waals surface area (Å²) in [5.41, 5.74) is 4.30. The number of halogens is 2. The summed E-state index contributed by atoms with van der Waals surface area (Å²) in [7, 11) is 0. The largest absolute Gasteiger partial charge is 0.351 e. The molecule has 126 valence electrons. The van der Waals surface area contributed by atoms with Crippen molar-refractivity contribution < 1.29 is 18.4 Å². The highest BCUT2D eigenvalue weighted by Crippen LogP contribution is 2.42. The summed E-state index contributed by atoms with van der Waals surface area (Å²) in [5, 5.41) is 4.95. The van der Waals surface area contributed by atoms with Gasteiger partial charge in [-0.25, -0.2) is 13.6 Å². The molecular formula is C16H21F2N3O2. The molecule has 3 amide bonds. The number of urea groups is 1. The highest BCUT2D eigenvalue weighted by Gasteiger charge is 2.40. The predicted molar refractivity (Wildman–Crippen MR) is 81.7 cm³/mol. The molecule has 1 saturated carbocycles. The second-order valence-corrected chi connectivity index (χ2v) is 6.04. The van der Waals surface area contributed by atoms with Crippen LogP contribution >= 0.6 is 0 Å². The molecule has 23 heavy (non-hydrogen) atoms. The van der Waals surface area contributed by atoms with Gasteiger partial charge >= 0.3 is 6.03 Å². The standard InChI is InChI=1S/C16H21F2N3O2/c1-10(14(22)21-15(19)23)20-9-16(7-2-3-8-16)13-11(17)5-4-6-12(13)18/h4-6,10,20H,2-3,7-9H2,1H3,(H3,19,21,22,23)/t10-/m1/s1. The van der Waals surface area contributed by atoms with E-state index in [9.17, 15) is 18.4 Å². The summed E-state index contributed by atoms with van der Waals surface area (Å²) in [5.74, 6) is -1.70. The number of nitrogens with one attached hydrogen (secondary N) is 2. The van der Waals surface area contributed by atoms with Crippen LogP contribution in [0, 0.1) is 11.6 Å². The van der Waals surface area contributed by atoms with Crippen LogP contribution in [0.3, 0.4) is 0 Å². The van der Waals surface area contributed by atoms with Gasteiger partial charge in [-0.2, -0.15) is 0 Å². The normalized spacial score (nSPS) is 17.7. The fraction of sp³-hybridized carbons (Fsp3) is 0.500. The maximum atomic E-state index is 14.2. The van der Waals surface area contributed by atoms with E-state index in [4.69, 9.17) is 5.73 Å². The number of amides is 3. The van der Waals surface area contributed by atoms with Crippen molar-refractivity contribution in [2.24, 2.45) is 5.73 Å². The van der Waals surface area contributed by atoms with Gasteiger partial charge in [0.05, 0.1) is 6.04 Å². The van der Waals surface area contributed by atoms with Gasteiger partial charge in [-0.3, -0.25) is 10.1 Å². The van der Waals surface area contributed by atoms with Crippen molar-refractivity contribution in [3.63, 3.8) is 0 Å². The minimum atomic E-state index is -0.931. The number of nitrogens with two attached hydrogens (primary N) is 1. The second-order valence-electron chi connectivity index (χ2n) is 6.04. The lowest BCUT2D eigenvalue weighted by Crippen LogP contribution is -2.50. The molecule has 1 fully saturated rings. The lowest BCUT2D eigenvalue weighted by Gasteiger charge is -2.32. The zero-order valence-electron chi connectivity index (χ0n) is 13.0. The quantitative estimate of drug-likeness (QED) is 0.773. The van der Waals surface area contributed by atoms with Crippen LogP contribution < -0.4 is 16.4 Å². The summed E-state index contributed by atoms with van der Waals surface area (Å²) in [6.07, 6.45) is 3.03. The molecule has 4 N–H and O–H groups in total. The Bertz CT molecular complexity index is 581. The van der Waals surface area contributed by atoms with Crippen molar-refractivity contribution in [3.8, 4) is 0 Å². The first-order valence-electron chi connectivity index (χ1n) is 7.64. The lowest BCUT2D eigenvalue weighted by molar-refractivity contribution is -0.121. The van der Waals surface area contributed by atoms with E-state index in [1.54, 1.807) is 6.92 Å². The van der Waals surface area contributed by atoms with Crippen LogP contribution in [0.5, 0.6) is 0 Å². The molecule has 0 aliphatic heterocycles. The third-order valence-electron chi connectivity index (χ3n) is 4.44. The number of carbonyl (C=O) groups is 2. The average Bonchev–Trinajstić information content (AvgIpc) is 2.93. The summed E-state index contributed by atoms with van der Waals surface area (Å²) < 4.78 is 28.4. The number of rotatable bonds is 5. The van der Waals surface area contributed by atoms with E-state index < -0.39 is 35.0 Å². The van der Waals surface area contributed by atoms with Crippen LogP contribution in [0.1, 0.15) is 38.2 Å². The monoisotopic (exact) mass is 325 g/mol. The Kier molecular flexibility index (Phi) is 5.30. The minimum Gasteiger partial charge on any atom is -0.351 e. The van der Waals surface area contributed by atoms with Crippen molar-refractivity contribution >= 4 is 11.9 Å². The Morgan fingerprint density at radius 1 is 1.26 bits per heavy atom. The van der Waals surface area contributed by atoms with Gasteiger partial charge in [0.15, 0.2) is 0 Å². The van der Waals surface area contributed by atoms with Crippen LogP contribution in [0.25, 0.3) is 0 Å². The number of imide groups is 1. The summed E-state index contributed by atoms with van der Waals surface area (Å²) in [6.45, 7) is 1.82. The molecule has 5 nitrogen and oxygen atoms in total. The molecule has 0 aromatic heterocycles. The van der Waals surface area contributed by atoms with E-state index in [1.165, 1.54) is 18.2 Å². The van der Waals surface area contributed by atoms with E-state index >= 15 is 0 Å². The molecule has 1 atom stereocenters. The topological polar surface area (TPSA) is 84.2 Å². The molecule has 2 rings (SSSR count). The van der Waals surface area contributed by atoms with Gasteiger partial charge in [-0.05, 0) is 31.9 Å². The Morgan fingerprint density at radius 2 is 1.83 bits per heavy atom. The van der Waals surface area contributed by atoms with Crippen molar-refractivity contribution in [1.82, 2.24) is 10.6 Å². The third-order valence-corrected chi connectivity index (χ3v) is 4.44. The van der Waals surface area contributed by atoms with E-state index in [0.29, 0.717) is 12.8 Å². The van der Waals surface area contributed by atoms with E-state index in [2.05, 4.69) is 5.32 Å². The fourth-order valence-corrected chi connectivity index (χ4v) is 3.24. The predicted octanol–water partition coefficient (Wildman–Crippen LogP) is 1.95. The molecule has 1 aromatic carbocycles. The first kappa shape index (κ1) is 17.3. The molecule has 0 saturated heterocycles. The Hall–Kier alpha value is -2.02. The van der Waals surface area contributed by atoms with Crippen LogP contribution in [0.15, 0.2) is 18.2 Å². The summed E-state index contributed by atoms with van der Waals surface area (Å²) in [4.78, 5) is 22.4. The van der Waals surface area contributed by atoms with Gasteiger partial charge in [0, 0.05) is 17.5 Å². The van der Waals surface area contributed by atoms with Crippen molar-refractivity contribution in [3.05, 3.63) is 35.4 Å². The van der Waals surface area contributed by atoms with Gasteiger partial charge in [0.25, 0.3) is 0 Å². The number of primary amides is 1. The zero-order valence-corrected chi connectivity index (χ0v) is 13.0. The summed E-state index contributed by atoms with van der Waals surface area (Å²) >= 11 is 0. The second kappa shape index (κ2) is 7.04. The van der Waals surface area contributed by atoms with E-state index in [1.807, 2.05) is 5.32 Å². The molecule has 7 heteroatoms. The molecule has 1 aromatic rings. The van der Waals surface area contributed by atoms with Crippen LogP contribution in [-0.2, 0) is 10.2 Å². The first-order valence-corrected chi connectivity index (χ1v) is 7.64. The van der Waals surface area contributed by atoms with Gasteiger partial charge in [-0.15, -0.1) is 0 Å². The van der Waals surface area contributed by atoms with E-state index in [-0.39, 0.29) is 12.1 Å². The zero-order chi connectivity index (χ0) is 17.0. The molecule has 1 aliphatic carbocycles. The molecule has 0 unspecified atom stereocenters. The maximum absolute atomic E-state index is 14.2. The number of hydrogen-bond donors (Lipinski definition) is 3. The highest BCUT2D eigenvalue weighted by atomic mass is 19.1. The van der Waals surface area contributed by atoms with Crippen molar-refractivity contribution in [2.45, 2.75) is 44.1 Å². The van der Waals surface area contributed by atoms with E-state index in [0.717, 1.165) is 12.8 Å². The van der Waals surface area contributed by atoms with Crippen molar-refractivity contribution in [1.29, 1.82) is 0 Å². The number of hydrogen-bond acceptors (Lipinski definition) is 3. The van der Waals surface area contributed by atoms with Crippen LogP contribution in [0.2, 0.25) is 0 Å². The molecule has 0 heterocycles. The molecule has 0 radical (unpaired) electrons. The Morgan fingerprint density at radius 3 is 2.35 bits per heavy atom. The number of benzene rings is 1. The molecule has 1 aliphatic rings. The van der Waals surface area contributed by atoms with Crippen LogP contribution in [-0.4, -0.2) is 24.5 Å². The highest BCUT2D eigenvalue weighted by molar-refractivity contribution is 5.96. The molecular weight excluding hydrogens is 304 g/mol.